The quantitative estimate of drug-likeness (QED) is 0.593. The molecule has 1 heterocycles. The van der Waals surface area contributed by atoms with Gasteiger partial charge in [-0.25, -0.2) is 0 Å². The van der Waals surface area contributed by atoms with Crippen LogP contribution in [0.4, 0.5) is 0 Å². The van der Waals surface area contributed by atoms with Gasteiger partial charge in [-0.15, -0.1) is 0 Å². The van der Waals surface area contributed by atoms with Gasteiger partial charge in [0.05, 0.1) is 0 Å². The predicted molar refractivity (Wildman–Crippen MR) is 61.8 cm³/mol. The van der Waals surface area contributed by atoms with Crippen LogP contribution in [0.5, 0.6) is 5.75 Å². The second kappa shape index (κ2) is 4.06. The fourth-order valence-corrected chi connectivity index (χ4v) is 2.63. The Labute approximate surface area is 104 Å². The first-order valence-electron chi connectivity index (χ1n) is 4.19. The van der Waals surface area contributed by atoms with Gasteiger partial charge in [0.15, 0.2) is 0 Å². The Morgan fingerprint density at radius 1 is 1.36 bits per heavy atom. The first-order valence-corrected chi connectivity index (χ1v) is 6.88. The molecule has 1 aromatic carbocycles. The summed E-state index contributed by atoms with van der Waals surface area (Å²) in [6.07, 6.45) is 5.68. The zero-order chi connectivity index (χ0) is 10.0. The number of aliphatic imine (C=N–C) groups is 1. The van der Waals surface area contributed by atoms with Gasteiger partial charge in [0.1, 0.15) is 0 Å². The van der Waals surface area contributed by atoms with Crippen molar-refractivity contribution in [3.63, 3.8) is 0 Å². The number of ether oxygens (including phenoxy) is 1. The van der Waals surface area contributed by atoms with Gasteiger partial charge in [-0.05, 0) is 0 Å². The van der Waals surface area contributed by atoms with Crippen LogP contribution in [0.25, 0.3) is 0 Å². The first kappa shape index (κ1) is 10.2. The van der Waals surface area contributed by atoms with Crippen molar-refractivity contribution < 1.29 is 4.74 Å². The third-order valence-electron chi connectivity index (χ3n) is 1.84. The van der Waals surface area contributed by atoms with Gasteiger partial charge in [-0.1, -0.05) is 0 Å². The molecule has 0 spiro atoms. The molecule has 1 aliphatic rings. The second-order valence-electron chi connectivity index (χ2n) is 2.96. The van der Waals surface area contributed by atoms with E-state index in [1.165, 1.54) is 0 Å². The summed E-state index contributed by atoms with van der Waals surface area (Å²) >= 11 is 4.93. The van der Waals surface area contributed by atoms with E-state index in [0.717, 1.165) is 10.6 Å². The minimum atomic E-state index is -0.404. The topological polar surface area (TPSA) is 21.6 Å². The third-order valence-corrected chi connectivity index (χ3v) is 3.99. The van der Waals surface area contributed by atoms with Crippen LogP contribution in [-0.4, -0.2) is 35.3 Å². The molecule has 4 heteroatoms. The number of hydrogen-bond acceptors (Lipinski definition) is 3. The molecule has 2 radical (unpaired) electrons. The molecule has 70 valence electrons. The van der Waals surface area contributed by atoms with Crippen LogP contribution in [-0.2, 0) is 0 Å². The Hall–Kier alpha value is -0.298. The summed E-state index contributed by atoms with van der Waals surface area (Å²) in [6, 6.07) is 7.69. The summed E-state index contributed by atoms with van der Waals surface area (Å²) in [6.45, 7) is 0. The molecule has 1 aliphatic heterocycles. The van der Waals surface area contributed by atoms with E-state index in [9.17, 15) is 0 Å². The van der Waals surface area contributed by atoms with Gasteiger partial charge >= 0.3 is 105 Å². The van der Waals surface area contributed by atoms with Crippen LogP contribution in [0.2, 0.25) is 0 Å². The number of nitrogens with zero attached hydrogens (tertiary/aromatic N) is 1. The van der Waals surface area contributed by atoms with E-state index in [0.29, 0.717) is 25.8 Å². The van der Waals surface area contributed by atoms with Gasteiger partial charge in [-0.2, -0.15) is 0 Å². The third kappa shape index (κ3) is 2.20. The summed E-state index contributed by atoms with van der Waals surface area (Å²) in [5.41, 5.74) is 0. The molecule has 1 atom stereocenters. The molecule has 0 saturated carbocycles. The molecular weight excluding hydrogens is 389 g/mol. The van der Waals surface area contributed by atoms with Crippen LogP contribution in [0.1, 0.15) is 0 Å². The summed E-state index contributed by atoms with van der Waals surface area (Å²) < 4.78 is 5.40. The van der Waals surface area contributed by atoms with Crippen LogP contribution in [0, 0.1) is 0 Å². The summed E-state index contributed by atoms with van der Waals surface area (Å²) in [5, 5.41) is 0. The Balaban J connectivity index is 2.23. The average molecular weight is 398 g/mol. The van der Waals surface area contributed by atoms with Crippen LogP contribution in [0.3, 0.4) is 0 Å². The summed E-state index contributed by atoms with van der Waals surface area (Å²) in [7, 11) is 0. The Morgan fingerprint density at radius 2 is 2.14 bits per heavy atom. The van der Waals surface area contributed by atoms with Gasteiger partial charge in [-0.3, -0.25) is 0 Å². The molecule has 0 aromatic heterocycles. The number of rotatable bonds is 2. The predicted octanol–water partition coefficient (Wildman–Crippen LogP) is 1.55. The van der Waals surface area contributed by atoms with Crippen LogP contribution < -0.4 is 4.74 Å². The molecule has 0 bridgehead atoms. The summed E-state index contributed by atoms with van der Waals surface area (Å²) in [4.78, 5) is 5.14. The van der Waals surface area contributed by atoms with Crippen molar-refractivity contribution in [2.75, 3.05) is 0 Å². The zero-order valence-electron chi connectivity index (χ0n) is 7.42. The first-order chi connectivity index (χ1) is 6.70. The molecule has 0 amide bonds. The van der Waals surface area contributed by atoms with E-state index in [4.69, 9.17) is 4.74 Å². The fraction of sp³-hybridized carbons (Fsp3) is 0.100. The zero-order valence-corrected chi connectivity index (χ0v) is 12.8. The molecule has 0 fully saturated rings. The van der Waals surface area contributed by atoms with Crippen molar-refractivity contribution in [3.05, 3.63) is 36.4 Å². The Kier molecular flexibility index (Phi) is 2.96. The molecule has 2 rings (SSSR count). The maximum atomic E-state index is 5.81. The minimum absolute atomic E-state index is 0.404. The van der Waals surface area contributed by atoms with Crippen molar-refractivity contribution in [1.29, 1.82) is 0 Å². The monoisotopic (exact) mass is 399 g/mol. The van der Waals surface area contributed by atoms with Crippen LogP contribution in [0.15, 0.2) is 46.3 Å². The molecule has 1 unspecified atom stereocenters. The fourth-order valence-electron chi connectivity index (χ4n) is 1.16. The average Bonchev–Trinajstić information content (AvgIpc) is 2.57. The molecule has 0 aliphatic carbocycles. The number of hydrogen-bond donors (Lipinski definition) is 1. The van der Waals surface area contributed by atoms with Crippen molar-refractivity contribution in [2.45, 2.75) is 8.18 Å². The second-order valence-corrected chi connectivity index (χ2v) is 6.66. The normalized spacial score (nSPS) is 24.1. The number of allylic oxidation sites excluding steroid dienone is 1. The molecular formula is C10H9NOPbS. The SMILES string of the molecule is Sc1ccccc1O[C]1([PbH])C=CC=N1. The Bertz CT molecular complexity index is 391. The van der Waals surface area contributed by atoms with E-state index in [1.807, 2.05) is 36.4 Å². The van der Waals surface area contributed by atoms with E-state index in [-0.39, 0.29) is 0 Å². The Morgan fingerprint density at radius 3 is 2.79 bits per heavy atom. The summed E-state index contributed by atoms with van der Waals surface area (Å²) in [5.74, 6) is 0.794. The molecule has 14 heavy (non-hydrogen) atoms. The van der Waals surface area contributed by atoms with E-state index < -0.39 is 3.28 Å². The number of benzene rings is 1. The molecule has 0 N–H and O–H groups in total. The van der Waals surface area contributed by atoms with Crippen molar-refractivity contribution >= 4 is 44.6 Å². The van der Waals surface area contributed by atoms with Gasteiger partial charge < -0.3 is 0 Å². The van der Waals surface area contributed by atoms with Crippen molar-refractivity contribution in [1.82, 2.24) is 0 Å². The van der Waals surface area contributed by atoms with Crippen LogP contribution >= 0.6 is 12.6 Å². The number of thiol groups is 1. The van der Waals surface area contributed by atoms with Gasteiger partial charge in [0.2, 0.25) is 0 Å². The molecule has 2 nitrogen and oxygen atoms in total. The van der Waals surface area contributed by atoms with Gasteiger partial charge in [0.25, 0.3) is 0 Å². The van der Waals surface area contributed by atoms with Gasteiger partial charge in [0, 0.05) is 0 Å². The number of para-hydroxylation sites is 1. The van der Waals surface area contributed by atoms with E-state index >= 15 is 0 Å². The molecule has 1 aromatic rings. The van der Waals surface area contributed by atoms with Crippen molar-refractivity contribution in [2.24, 2.45) is 4.99 Å². The van der Waals surface area contributed by atoms with E-state index in [2.05, 4.69) is 17.6 Å². The van der Waals surface area contributed by atoms with E-state index in [1.54, 1.807) is 6.21 Å². The molecule has 0 saturated heterocycles. The standard InChI is InChI=1S/C10H8NOS.Pb.H/c13-9-5-2-1-4-8(9)12-10-6-3-7-11-10;;/h1-7,13H;;. The maximum absolute atomic E-state index is 5.81. The van der Waals surface area contributed by atoms with Crippen molar-refractivity contribution in [3.8, 4) is 5.75 Å².